The predicted molar refractivity (Wildman–Crippen MR) is 69.2 cm³/mol. The smallest absolute Gasteiger partial charge is 0.161 e. The van der Waals surface area contributed by atoms with Crippen molar-refractivity contribution in [3.63, 3.8) is 0 Å². The number of hydrogen-bond acceptors (Lipinski definition) is 3. The van der Waals surface area contributed by atoms with Crippen LogP contribution < -0.4 is 5.32 Å². The Hall–Kier alpha value is -0.670. The molecule has 0 spiro atoms. The van der Waals surface area contributed by atoms with Crippen LogP contribution >= 0.6 is 23.4 Å². The Labute approximate surface area is 99.1 Å². The zero-order valence-electron chi connectivity index (χ0n) is 8.59. The van der Waals surface area contributed by atoms with Crippen LogP contribution in [0, 0.1) is 6.92 Å². The number of thioether (sulfide) groups is 1. The molecule has 0 fully saturated rings. The number of aliphatic imine (C=N–C) groups is 1. The van der Waals surface area contributed by atoms with Gasteiger partial charge >= 0.3 is 0 Å². The van der Waals surface area contributed by atoms with Crippen LogP contribution in [0.3, 0.4) is 0 Å². The summed E-state index contributed by atoms with van der Waals surface area (Å²) in [5, 5.41) is 4.99. The van der Waals surface area contributed by atoms with Crippen LogP contribution in [0.2, 0.25) is 5.02 Å². The molecule has 0 saturated carbocycles. The molecule has 1 aromatic carbocycles. The number of benzene rings is 1. The van der Waals surface area contributed by atoms with Crippen LogP contribution in [-0.4, -0.2) is 17.5 Å². The fourth-order valence-electron chi connectivity index (χ4n) is 1.37. The van der Waals surface area contributed by atoms with Gasteiger partial charge in [0.15, 0.2) is 5.17 Å². The maximum absolute atomic E-state index is 6.12. The first-order valence-corrected chi connectivity index (χ1v) is 6.32. The van der Waals surface area contributed by atoms with E-state index in [4.69, 9.17) is 11.6 Å². The maximum atomic E-state index is 6.12. The van der Waals surface area contributed by atoms with Crippen LogP contribution in [0.25, 0.3) is 0 Å². The van der Waals surface area contributed by atoms with E-state index in [0.29, 0.717) is 0 Å². The van der Waals surface area contributed by atoms with Gasteiger partial charge in [-0.3, -0.25) is 4.99 Å². The van der Waals surface area contributed by atoms with Crippen LogP contribution in [-0.2, 0) is 0 Å². The fourth-order valence-corrected chi connectivity index (χ4v) is 2.49. The second kappa shape index (κ2) is 4.90. The molecule has 1 aliphatic rings. The molecule has 2 rings (SSSR count). The Bertz CT molecular complexity index is 390. The molecule has 1 heterocycles. The minimum atomic E-state index is 0.754. The highest BCUT2D eigenvalue weighted by Crippen LogP contribution is 2.24. The summed E-state index contributed by atoms with van der Waals surface area (Å²) < 4.78 is 0. The number of amidine groups is 1. The van der Waals surface area contributed by atoms with Gasteiger partial charge in [-0.05, 0) is 31.0 Å². The Morgan fingerprint density at radius 2 is 2.33 bits per heavy atom. The fraction of sp³-hybridized carbons (Fsp3) is 0.364. The normalized spacial score (nSPS) is 16.0. The molecular formula is C11H13ClN2S. The van der Waals surface area contributed by atoms with Gasteiger partial charge in [-0.1, -0.05) is 29.4 Å². The van der Waals surface area contributed by atoms with Gasteiger partial charge in [-0.25, -0.2) is 0 Å². The van der Waals surface area contributed by atoms with Gasteiger partial charge in [0.25, 0.3) is 0 Å². The molecule has 1 aromatic rings. The second-order valence-corrected chi connectivity index (χ2v) is 4.99. The predicted octanol–water partition coefficient (Wildman–Crippen LogP) is 3.55. The number of hydrogen-bond donors (Lipinski definition) is 1. The Balaban J connectivity index is 2.13. The summed E-state index contributed by atoms with van der Waals surface area (Å²) in [6.07, 6.45) is 1.16. The van der Waals surface area contributed by atoms with Gasteiger partial charge in [0.1, 0.15) is 0 Å². The molecule has 0 atom stereocenters. The molecule has 2 nitrogen and oxygen atoms in total. The topological polar surface area (TPSA) is 24.4 Å². The standard InChI is InChI=1S/C11H13ClN2S/c1-8-3-4-10(9(12)7-8)14-11-13-5-2-6-15-11/h3-4,7H,2,5-6H2,1H3,(H,13,14). The lowest BCUT2D eigenvalue weighted by molar-refractivity contribution is 0.938. The summed E-state index contributed by atoms with van der Waals surface area (Å²) in [6.45, 7) is 2.95. The number of nitrogens with zero attached hydrogens (tertiary/aromatic N) is 1. The maximum Gasteiger partial charge on any atom is 0.161 e. The molecule has 0 saturated heterocycles. The molecule has 80 valence electrons. The molecule has 0 bridgehead atoms. The van der Waals surface area contributed by atoms with Crippen molar-refractivity contribution in [2.24, 2.45) is 4.99 Å². The van der Waals surface area contributed by atoms with E-state index in [0.717, 1.165) is 34.6 Å². The summed E-state index contributed by atoms with van der Waals surface area (Å²) in [7, 11) is 0. The third-order valence-corrected chi connectivity index (χ3v) is 3.47. The van der Waals surface area contributed by atoms with Crippen molar-refractivity contribution in [2.45, 2.75) is 13.3 Å². The molecule has 0 unspecified atom stereocenters. The van der Waals surface area contributed by atoms with Gasteiger partial charge in [0, 0.05) is 12.3 Å². The van der Waals surface area contributed by atoms with Crippen molar-refractivity contribution in [2.75, 3.05) is 17.6 Å². The summed E-state index contributed by atoms with van der Waals surface area (Å²) in [5.41, 5.74) is 2.11. The average Bonchev–Trinajstić information content (AvgIpc) is 2.24. The van der Waals surface area contributed by atoms with E-state index < -0.39 is 0 Å². The summed E-state index contributed by atoms with van der Waals surface area (Å²) in [6, 6.07) is 6.00. The molecule has 0 amide bonds. The number of rotatable bonds is 1. The van der Waals surface area contributed by atoms with Crippen molar-refractivity contribution >= 4 is 34.2 Å². The van der Waals surface area contributed by atoms with Gasteiger partial charge in [0.05, 0.1) is 10.7 Å². The lowest BCUT2D eigenvalue weighted by Gasteiger charge is -2.14. The number of halogens is 1. The lowest BCUT2D eigenvalue weighted by Crippen LogP contribution is -2.13. The van der Waals surface area contributed by atoms with E-state index >= 15 is 0 Å². The average molecular weight is 241 g/mol. The van der Waals surface area contributed by atoms with Crippen LogP contribution in [0.4, 0.5) is 5.69 Å². The second-order valence-electron chi connectivity index (χ2n) is 3.50. The van der Waals surface area contributed by atoms with Crippen LogP contribution in [0.1, 0.15) is 12.0 Å². The van der Waals surface area contributed by atoms with Crippen molar-refractivity contribution < 1.29 is 0 Å². The van der Waals surface area contributed by atoms with E-state index in [1.807, 2.05) is 25.1 Å². The zero-order chi connectivity index (χ0) is 10.7. The first kappa shape index (κ1) is 10.8. The van der Waals surface area contributed by atoms with Gasteiger partial charge in [0.2, 0.25) is 0 Å². The molecule has 0 aliphatic carbocycles. The minimum absolute atomic E-state index is 0.754. The third kappa shape index (κ3) is 2.89. The van der Waals surface area contributed by atoms with Crippen molar-refractivity contribution in [1.29, 1.82) is 0 Å². The number of nitrogens with one attached hydrogen (secondary N) is 1. The highest BCUT2D eigenvalue weighted by Gasteiger charge is 2.07. The molecular weight excluding hydrogens is 228 g/mol. The van der Waals surface area contributed by atoms with Gasteiger partial charge < -0.3 is 5.32 Å². The largest absolute Gasteiger partial charge is 0.334 e. The highest BCUT2D eigenvalue weighted by molar-refractivity contribution is 8.14. The zero-order valence-corrected chi connectivity index (χ0v) is 10.2. The van der Waals surface area contributed by atoms with E-state index in [1.165, 1.54) is 5.56 Å². The summed E-state index contributed by atoms with van der Waals surface area (Å²) in [4.78, 5) is 4.40. The monoisotopic (exact) mass is 240 g/mol. The van der Waals surface area contributed by atoms with Crippen LogP contribution in [0.15, 0.2) is 23.2 Å². The highest BCUT2D eigenvalue weighted by atomic mass is 35.5. The first-order valence-electron chi connectivity index (χ1n) is 4.96. The molecule has 0 aromatic heterocycles. The van der Waals surface area contributed by atoms with Crippen molar-refractivity contribution in [3.8, 4) is 0 Å². The van der Waals surface area contributed by atoms with E-state index in [9.17, 15) is 0 Å². The lowest BCUT2D eigenvalue weighted by atomic mass is 10.2. The van der Waals surface area contributed by atoms with Gasteiger partial charge in [-0.2, -0.15) is 0 Å². The SMILES string of the molecule is Cc1ccc(NC2=NCCCS2)c(Cl)c1. The summed E-state index contributed by atoms with van der Waals surface area (Å²) in [5.74, 6) is 1.13. The first-order chi connectivity index (χ1) is 7.25. The third-order valence-electron chi connectivity index (χ3n) is 2.16. The number of aryl methyl sites for hydroxylation is 1. The Morgan fingerprint density at radius 3 is 3.00 bits per heavy atom. The Morgan fingerprint density at radius 1 is 1.47 bits per heavy atom. The van der Waals surface area contributed by atoms with Crippen LogP contribution in [0.5, 0.6) is 0 Å². The minimum Gasteiger partial charge on any atom is -0.334 e. The van der Waals surface area contributed by atoms with Crippen molar-refractivity contribution in [1.82, 2.24) is 0 Å². The molecule has 0 radical (unpaired) electrons. The number of anilines is 1. The van der Waals surface area contributed by atoms with E-state index in [-0.39, 0.29) is 0 Å². The quantitative estimate of drug-likeness (QED) is 0.812. The Kier molecular flexibility index (Phi) is 3.54. The molecule has 15 heavy (non-hydrogen) atoms. The van der Waals surface area contributed by atoms with Crippen molar-refractivity contribution in [3.05, 3.63) is 28.8 Å². The molecule has 1 aliphatic heterocycles. The van der Waals surface area contributed by atoms with Gasteiger partial charge in [-0.15, -0.1) is 0 Å². The summed E-state index contributed by atoms with van der Waals surface area (Å²) >= 11 is 7.87. The van der Waals surface area contributed by atoms with E-state index in [1.54, 1.807) is 11.8 Å². The molecule has 4 heteroatoms. The molecule has 1 N–H and O–H groups in total. The van der Waals surface area contributed by atoms with E-state index in [2.05, 4.69) is 10.3 Å².